The summed E-state index contributed by atoms with van der Waals surface area (Å²) < 4.78 is 46.7. The third kappa shape index (κ3) is 2.26. The van der Waals surface area contributed by atoms with Crippen LogP contribution in [-0.4, -0.2) is 13.4 Å². The van der Waals surface area contributed by atoms with Crippen molar-refractivity contribution in [2.75, 3.05) is 0 Å². The van der Waals surface area contributed by atoms with Gasteiger partial charge in [-0.05, 0) is 6.07 Å². The smallest absolute Gasteiger partial charge is 0.254 e. The molecule has 0 unspecified atom stereocenters. The van der Waals surface area contributed by atoms with Crippen LogP contribution in [0.4, 0.5) is 8.78 Å². The molecule has 0 amide bonds. The first-order chi connectivity index (χ1) is 6.88. The van der Waals surface area contributed by atoms with Crippen molar-refractivity contribution in [1.29, 1.82) is 5.26 Å². The van der Waals surface area contributed by atoms with Crippen molar-refractivity contribution in [2.24, 2.45) is 5.14 Å². The molecule has 1 aromatic rings. The maximum atomic E-state index is 12.4. The van der Waals surface area contributed by atoms with E-state index in [1.807, 2.05) is 0 Å². The van der Waals surface area contributed by atoms with Crippen LogP contribution in [0.3, 0.4) is 0 Å². The number of hydrogen-bond acceptors (Lipinski definition) is 4. The quantitative estimate of drug-likeness (QED) is 0.805. The van der Waals surface area contributed by atoms with Crippen molar-refractivity contribution >= 4 is 10.0 Å². The summed E-state index contributed by atoms with van der Waals surface area (Å²) in [5.74, 6) is 0. The second-order valence-corrected chi connectivity index (χ2v) is 4.03. The summed E-state index contributed by atoms with van der Waals surface area (Å²) in [7, 11) is -4.39. The Labute approximate surface area is 84.2 Å². The minimum absolute atomic E-state index is 0.442. The number of nitriles is 1. The third-order valence-electron chi connectivity index (χ3n) is 1.54. The van der Waals surface area contributed by atoms with Crippen molar-refractivity contribution in [3.05, 3.63) is 23.5 Å². The molecule has 80 valence electrons. The highest BCUT2D eigenvalue weighted by Gasteiger charge is 2.25. The zero-order chi connectivity index (χ0) is 11.6. The Morgan fingerprint density at radius 2 is 2.13 bits per heavy atom. The summed E-state index contributed by atoms with van der Waals surface area (Å²) >= 11 is 0. The molecule has 0 aliphatic carbocycles. The Bertz CT molecular complexity index is 522. The molecule has 1 rings (SSSR count). The Balaban J connectivity index is 3.65. The standard InChI is InChI=1S/C7H5F2N3O2S/c8-7(9)5-6(15(11,13)14)4(3-10)1-2-12-5/h1-2,7H,(H2,11,13,14). The predicted molar refractivity (Wildman–Crippen MR) is 45.3 cm³/mol. The Hall–Kier alpha value is -1.59. The van der Waals surface area contributed by atoms with E-state index in [0.717, 1.165) is 12.3 Å². The Morgan fingerprint density at radius 3 is 2.53 bits per heavy atom. The van der Waals surface area contributed by atoms with Crippen LogP contribution in [0.5, 0.6) is 0 Å². The molecule has 15 heavy (non-hydrogen) atoms. The minimum Gasteiger partial charge on any atom is -0.254 e. The molecule has 0 bridgehead atoms. The normalized spacial score (nSPS) is 11.4. The van der Waals surface area contributed by atoms with Gasteiger partial charge in [-0.25, -0.2) is 22.3 Å². The lowest BCUT2D eigenvalue weighted by Crippen LogP contribution is -2.17. The summed E-state index contributed by atoms with van der Waals surface area (Å²) in [4.78, 5) is 2.28. The van der Waals surface area contributed by atoms with E-state index in [9.17, 15) is 17.2 Å². The topological polar surface area (TPSA) is 96.8 Å². The van der Waals surface area contributed by atoms with Gasteiger partial charge in [0.1, 0.15) is 16.7 Å². The fourth-order valence-electron chi connectivity index (χ4n) is 1.01. The van der Waals surface area contributed by atoms with E-state index in [0.29, 0.717) is 0 Å². The van der Waals surface area contributed by atoms with E-state index < -0.39 is 32.6 Å². The molecule has 1 heterocycles. The SMILES string of the molecule is N#Cc1ccnc(C(F)F)c1S(N)(=O)=O. The Morgan fingerprint density at radius 1 is 1.53 bits per heavy atom. The number of aromatic nitrogens is 1. The van der Waals surface area contributed by atoms with Crippen LogP contribution >= 0.6 is 0 Å². The maximum absolute atomic E-state index is 12.4. The number of sulfonamides is 1. The first kappa shape index (κ1) is 11.5. The number of pyridine rings is 1. The molecule has 0 radical (unpaired) electrons. The van der Waals surface area contributed by atoms with Crippen molar-refractivity contribution in [1.82, 2.24) is 4.98 Å². The van der Waals surface area contributed by atoms with Crippen LogP contribution in [0.1, 0.15) is 17.7 Å². The molecular weight excluding hydrogens is 228 g/mol. The average molecular weight is 233 g/mol. The lowest BCUT2D eigenvalue weighted by Gasteiger charge is -2.06. The van der Waals surface area contributed by atoms with E-state index in [2.05, 4.69) is 4.98 Å². The largest absolute Gasteiger partial charge is 0.281 e. The third-order valence-corrected chi connectivity index (χ3v) is 2.54. The lowest BCUT2D eigenvalue weighted by molar-refractivity contribution is 0.142. The van der Waals surface area contributed by atoms with Crippen molar-refractivity contribution in [2.45, 2.75) is 11.3 Å². The number of halogens is 2. The number of rotatable bonds is 2. The molecule has 1 aromatic heterocycles. The van der Waals surface area contributed by atoms with Crippen LogP contribution in [0.25, 0.3) is 0 Å². The zero-order valence-corrected chi connectivity index (χ0v) is 8.00. The van der Waals surface area contributed by atoms with Gasteiger partial charge in [0, 0.05) is 6.20 Å². The van der Waals surface area contributed by atoms with Gasteiger partial charge in [0.25, 0.3) is 6.43 Å². The van der Waals surface area contributed by atoms with E-state index in [1.54, 1.807) is 0 Å². The molecule has 0 saturated heterocycles. The fourth-order valence-corrected chi connectivity index (χ4v) is 1.86. The number of alkyl halides is 2. The summed E-state index contributed by atoms with van der Waals surface area (Å²) in [6.07, 6.45) is -2.18. The van der Waals surface area contributed by atoms with Gasteiger partial charge in [0.05, 0.1) is 5.56 Å². The predicted octanol–water partition coefficient (Wildman–Crippen LogP) is 0.538. The van der Waals surface area contributed by atoms with Crippen molar-refractivity contribution in [3.63, 3.8) is 0 Å². The number of nitrogens with zero attached hydrogens (tertiary/aromatic N) is 2. The van der Waals surface area contributed by atoms with Gasteiger partial charge in [-0.15, -0.1) is 0 Å². The summed E-state index contributed by atoms with van der Waals surface area (Å²) in [5, 5.41) is 13.3. The first-order valence-corrected chi connectivity index (χ1v) is 5.12. The van der Waals surface area contributed by atoms with Gasteiger partial charge in [-0.1, -0.05) is 0 Å². The van der Waals surface area contributed by atoms with Gasteiger partial charge < -0.3 is 0 Å². The molecule has 8 heteroatoms. The van der Waals surface area contributed by atoms with Crippen LogP contribution in [0.2, 0.25) is 0 Å². The zero-order valence-electron chi connectivity index (χ0n) is 7.18. The molecule has 5 nitrogen and oxygen atoms in total. The Kier molecular flexibility index (Phi) is 2.97. The van der Waals surface area contributed by atoms with E-state index in [4.69, 9.17) is 10.4 Å². The molecular formula is C7H5F2N3O2S. The molecule has 0 fully saturated rings. The van der Waals surface area contributed by atoms with Crippen LogP contribution in [0, 0.1) is 11.3 Å². The highest BCUT2D eigenvalue weighted by Crippen LogP contribution is 2.25. The van der Waals surface area contributed by atoms with Gasteiger partial charge in [0.2, 0.25) is 10.0 Å². The summed E-state index contributed by atoms with van der Waals surface area (Å²) in [5.41, 5.74) is -1.45. The molecule has 0 spiro atoms. The van der Waals surface area contributed by atoms with Gasteiger partial charge in [-0.3, -0.25) is 4.98 Å². The van der Waals surface area contributed by atoms with Crippen molar-refractivity contribution in [3.8, 4) is 6.07 Å². The summed E-state index contributed by atoms with van der Waals surface area (Å²) in [6.45, 7) is 0. The number of primary sulfonamides is 1. The summed E-state index contributed by atoms with van der Waals surface area (Å²) in [6, 6.07) is 2.47. The second kappa shape index (κ2) is 3.88. The molecule has 0 aliphatic rings. The fraction of sp³-hybridized carbons (Fsp3) is 0.143. The molecule has 0 aliphatic heterocycles. The monoisotopic (exact) mass is 233 g/mol. The highest BCUT2D eigenvalue weighted by molar-refractivity contribution is 7.89. The maximum Gasteiger partial charge on any atom is 0.281 e. The minimum atomic E-state index is -4.39. The van der Waals surface area contributed by atoms with Crippen LogP contribution in [0.15, 0.2) is 17.2 Å². The van der Waals surface area contributed by atoms with Crippen LogP contribution in [-0.2, 0) is 10.0 Å². The first-order valence-electron chi connectivity index (χ1n) is 3.58. The molecule has 2 N–H and O–H groups in total. The van der Waals surface area contributed by atoms with E-state index in [1.165, 1.54) is 6.07 Å². The van der Waals surface area contributed by atoms with Gasteiger partial charge in [-0.2, -0.15) is 5.26 Å². The average Bonchev–Trinajstić information content (AvgIpc) is 2.15. The van der Waals surface area contributed by atoms with E-state index in [-0.39, 0.29) is 0 Å². The lowest BCUT2D eigenvalue weighted by atomic mass is 10.2. The van der Waals surface area contributed by atoms with Gasteiger partial charge in [0.15, 0.2) is 0 Å². The second-order valence-electron chi connectivity index (χ2n) is 2.53. The van der Waals surface area contributed by atoms with E-state index >= 15 is 0 Å². The highest BCUT2D eigenvalue weighted by atomic mass is 32.2. The molecule has 0 aromatic carbocycles. The molecule has 0 saturated carbocycles. The number of hydrogen-bond donors (Lipinski definition) is 1. The van der Waals surface area contributed by atoms with Crippen LogP contribution < -0.4 is 5.14 Å². The molecule has 0 atom stereocenters. The van der Waals surface area contributed by atoms with Crippen molar-refractivity contribution < 1.29 is 17.2 Å². The number of nitrogens with two attached hydrogens (primary N) is 1. The van der Waals surface area contributed by atoms with Gasteiger partial charge >= 0.3 is 0 Å².